The summed E-state index contributed by atoms with van der Waals surface area (Å²) in [6.07, 6.45) is 0. The lowest BCUT2D eigenvalue weighted by Gasteiger charge is -2.00. The summed E-state index contributed by atoms with van der Waals surface area (Å²) in [6.45, 7) is 3.77. The molecule has 4 heteroatoms. The standard InChI is InChI=1S/C10H11N3O/c1-6-3-4-9(11)8(5-6)10-12-7(2)13-14-10/h3-5H,11H2,1-2H3. The number of anilines is 1. The Hall–Kier alpha value is -1.84. The highest BCUT2D eigenvalue weighted by Gasteiger charge is 2.09. The molecule has 0 atom stereocenters. The van der Waals surface area contributed by atoms with E-state index in [4.69, 9.17) is 10.3 Å². The van der Waals surface area contributed by atoms with E-state index in [0.29, 0.717) is 17.4 Å². The summed E-state index contributed by atoms with van der Waals surface area (Å²) in [5.74, 6) is 1.09. The molecule has 2 rings (SSSR count). The van der Waals surface area contributed by atoms with Crippen molar-refractivity contribution >= 4 is 5.69 Å². The Morgan fingerprint density at radius 1 is 1.29 bits per heavy atom. The Bertz CT molecular complexity index is 462. The molecule has 2 N–H and O–H groups in total. The van der Waals surface area contributed by atoms with Crippen LogP contribution in [0.5, 0.6) is 0 Å². The highest BCUT2D eigenvalue weighted by atomic mass is 16.5. The second-order valence-electron chi connectivity index (χ2n) is 3.24. The molecule has 0 amide bonds. The molecule has 4 nitrogen and oxygen atoms in total. The smallest absolute Gasteiger partial charge is 0.260 e. The number of benzene rings is 1. The van der Waals surface area contributed by atoms with Crippen LogP contribution in [0, 0.1) is 13.8 Å². The number of nitrogens with two attached hydrogens (primary N) is 1. The summed E-state index contributed by atoms with van der Waals surface area (Å²) in [5.41, 5.74) is 8.37. The van der Waals surface area contributed by atoms with Crippen molar-refractivity contribution in [2.45, 2.75) is 13.8 Å². The van der Waals surface area contributed by atoms with Crippen LogP contribution in [0.3, 0.4) is 0 Å². The van der Waals surface area contributed by atoms with Crippen molar-refractivity contribution in [2.24, 2.45) is 0 Å². The molecule has 0 aliphatic heterocycles. The fourth-order valence-corrected chi connectivity index (χ4v) is 1.26. The molecule has 0 unspecified atom stereocenters. The van der Waals surface area contributed by atoms with Gasteiger partial charge in [0.2, 0.25) is 0 Å². The molecule has 0 fully saturated rings. The monoisotopic (exact) mass is 189 g/mol. The molecule has 0 bridgehead atoms. The van der Waals surface area contributed by atoms with Gasteiger partial charge in [0.05, 0.1) is 5.56 Å². The summed E-state index contributed by atoms with van der Waals surface area (Å²) in [4.78, 5) is 4.13. The highest BCUT2D eigenvalue weighted by molar-refractivity contribution is 5.70. The van der Waals surface area contributed by atoms with Crippen LogP contribution in [0.25, 0.3) is 11.5 Å². The molecule has 72 valence electrons. The number of hydrogen-bond acceptors (Lipinski definition) is 4. The van der Waals surface area contributed by atoms with Crippen molar-refractivity contribution in [1.29, 1.82) is 0 Å². The van der Waals surface area contributed by atoms with E-state index in [2.05, 4.69) is 10.1 Å². The van der Waals surface area contributed by atoms with Gasteiger partial charge in [-0.1, -0.05) is 16.8 Å². The molecular weight excluding hydrogens is 178 g/mol. The van der Waals surface area contributed by atoms with Gasteiger partial charge in [-0.15, -0.1) is 0 Å². The maximum Gasteiger partial charge on any atom is 0.260 e. The minimum atomic E-state index is 0.476. The second-order valence-corrected chi connectivity index (χ2v) is 3.24. The molecule has 1 heterocycles. The van der Waals surface area contributed by atoms with Crippen LogP contribution in [-0.4, -0.2) is 10.1 Å². The van der Waals surface area contributed by atoms with Crippen LogP contribution in [0.15, 0.2) is 22.7 Å². The first-order valence-electron chi connectivity index (χ1n) is 4.33. The maximum absolute atomic E-state index is 5.80. The minimum absolute atomic E-state index is 0.476. The fourth-order valence-electron chi connectivity index (χ4n) is 1.26. The number of aromatic nitrogens is 2. The largest absolute Gasteiger partial charge is 0.398 e. The molecular formula is C10H11N3O. The van der Waals surface area contributed by atoms with Crippen molar-refractivity contribution in [2.75, 3.05) is 5.73 Å². The van der Waals surface area contributed by atoms with Crippen LogP contribution < -0.4 is 5.73 Å². The van der Waals surface area contributed by atoms with E-state index >= 15 is 0 Å². The summed E-state index contributed by atoms with van der Waals surface area (Å²) < 4.78 is 5.05. The highest BCUT2D eigenvalue weighted by Crippen LogP contribution is 2.24. The fraction of sp³-hybridized carbons (Fsp3) is 0.200. The Labute approximate surface area is 81.7 Å². The van der Waals surface area contributed by atoms with Gasteiger partial charge in [-0.05, 0) is 26.0 Å². The molecule has 1 aromatic heterocycles. The van der Waals surface area contributed by atoms with Gasteiger partial charge in [0, 0.05) is 5.69 Å². The van der Waals surface area contributed by atoms with Gasteiger partial charge in [-0.3, -0.25) is 0 Å². The van der Waals surface area contributed by atoms with E-state index in [9.17, 15) is 0 Å². The zero-order valence-electron chi connectivity index (χ0n) is 8.11. The zero-order valence-corrected chi connectivity index (χ0v) is 8.11. The first-order valence-corrected chi connectivity index (χ1v) is 4.33. The van der Waals surface area contributed by atoms with Gasteiger partial charge in [-0.25, -0.2) is 0 Å². The van der Waals surface area contributed by atoms with E-state index in [1.54, 1.807) is 6.92 Å². The molecule has 1 aromatic carbocycles. The van der Waals surface area contributed by atoms with Crippen molar-refractivity contribution in [3.8, 4) is 11.5 Å². The van der Waals surface area contributed by atoms with Crippen molar-refractivity contribution in [3.05, 3.63) is 29.6 Å². The molecule has 0 saturated carbocycles. The molecule has 0 aliphatic carbocycles. The third-order valence-electron chi connectivity index (χ3n) is 1.97. The van der Waals surface area contributed by atoms with Crippen LogP contribution in [0.2, 0.25) is 0 Å². The molecule has 0 spiro atoms. The van der Waals surface area contributed by atoms with E-state index in [1.807, 2.05) is 25.1 Å². The van der Waals surface area contributed by atoms with Crippen LogP contribution in [0.4, 0.5) is 5.69 Å². The number of nitrogen functional groups attached to an aromatic ring is 1. The van der Waals surface area contributed by atoms with Gasteiger partial charge in [-0.2, -0.15) is 4.98 Å². The van der Waals surface area contributed by atoms with Crippen LogP contribution in [-0.2, 0) is 0 Å². The quantitative estimate of drug-likeness (QED) is 0.696. The lowest BCUT2D eigenvalue weighted by atomic mass is 10.1. The number of aryl methyl sites for hydroxylation is 2. The molecule has 0 saturated heterocycles. The van der Waals surface area contributed by atoms with Crippen molar-refractivity contribution < 1.29 is 4.52 Å². The van der Waals surface area contributed by atoms with Crippen LogP contribution >= 0.6 is 0 Å². The van der Waals surface area contributed by atoms with E-state index in [-0.39, 0.29) is 0 Å². The zero-order chi connectivity index (χ0) is 10.1. The average Bonchev–Trinajstić information content (AvgIpc) is 2.56. The van der Waals surface area contributed by atoms with Crippen LogP contribution in [0.1, 0.15) is 11.4 Å². The predicted molar refractivity (Wildman–Crippen MR) is 53.6 cm³/mol. The normalized spacial score (nSPS) is 10.4. The summed E-state index contributed by atoms with van der Waals surface area (Å²) in [5, 5.41) is 3.72. The van der Waals surface area contributed by atoms with Crippen molar-refractivity contribution in [1.82, 2.24) is 10.1 Å². The molecule has 2 aromatic rings. The first kappa shape index (κ1) is 8.74. The minimum Gasteiger partial charge on any atom is -0.398 e. The van der Waals surface area contributed by atoms with Gasteiger partial charge < -0.3 is 10.3 Å². The third kappa shape index (κ3) is 1.46. The lowest BCUT2D eigenvalue weighted by molar-refractivity contribution is 0.426. The number of rotatable bonds is 1. The lowest BCUT2D eigenvalue weighted by Crippen LogP contribution is -1.90. The summed E-state index contributed by atoms with van der Waals surface area (Å²) in [6, 6.07) is 5.72. The number of nitrogens with zero attached hydrogens (tertiary/aromatic N) is 2. The number of hydrogen-bond donors (Lipinski definition) is 1. The van der Waals surface area contributed by atoms with Gasteiger partial charge >= 0.3 is 0 Å². The van der Waals surface area contributed by atoms with Gasteiger partial charge in [0.25, 0.3) is 5.89 Å². The third-order valence-corrected chi connectivity index (χ3v) is 1.97. The Morgan fingerprint density at radius 3 is 2.71 bits per heavy atom. The second kappa shape index (κ2) is 3.14. The van der Waals surface area contributed by atoms with E-state index < -0.39 is 0 Å². The maximum atomic E-state index is 5.80. The van der Waals surface area contributed by atoms with E-state index in [0.717, 1.165) is 11.1 Å². The molecule has 14 heavy (non-hydrogen) atoms. The summed E-state index contributed by atoms with van der Waals surface area (Å²) in [7, 11) is 0. The van der Waals surface area contributed by atoms with Crippen molar-refractivity contribution in [3.63, 3.8) is 0 Å². The Balaban J connectivity index is 2.55. The topological polar surface area (TPSA) is 64.9 Å². The predicted octanol–water partition coefficient (Wildman–Crippen LogP) is 1.94. The first-order chi connectivity index (χ1) is 6.66. The SMILES string of the molecule is Cc1ccc(N)c(-c2nc(C)no2)c1. The Morgan fingerprint density at radius 2 is 2.07 bits per heavy atom. The molecule has 0 radical (unpaired) electrons. The Kier molecular flexibility index (Phi) is 1.96. The van der Waals surface area contributed by atoms with Gasteiger partial charge in [0.15, 0.2) is 5.82 Å². The van der Waals surface area contributed by atoms with Gasteiger partial charge in [0.1, 0.15) is 0 Å². The van der Waals surface area contributed by atoms with E-state index in [1.165, 1.54) is 0 Å². The summed E-state index contributed by atoms with van der Waals surface area (Å²) >= 11 is 0. The molecule has 0 aliphatic rings. The average molecular weight is 189 g/mol.